The van der Waals surface area contributed by atoms with Crippen LogP contribution in [0.4, 0.5) is 19.7 Å². The van der Waals surface area contributed by atoms with Crippen LogP contribution in [0.2, 0.25) is 0 Å². The summed E-state index contributed by atoms with van der Waals surface area (Å²) in [5.41, 5.74) is 1.33. The Labute approximate surface area is 187 Å². The smallest absolute Gasteiger partial charge is 0.415 e. The van der Waals surface area contributed by atoms with Gasteiger partial charge in [0.15, 0.2) is 0 Å². The molecule has 2 heterocycles. The number of carboxylic acid groups (broad SMARTS) is 1. The summed E-state index contributed by atoms with van der Waals surface area (Å²) >= 11 is 0. The second kappa shape index (κ2) is 9.47. The highest BCUT2D eigenvalue weighted by Gasteiger charge is 2.23. The fourth-order valence-electron chi connectivity index (χ4n) is 3.46. The zero-order chi connectivity index (χ0) is 23.4. The van der Waals surface area contributed by atoms with Gasteiger partial charge < -0.3 is 29.5 Å². The van der Waals surface area contributed by atoms with Crippen molar-refractivity contribution in [3.8, 4) is 16.9 Å². The van der Waals surface area contributed by atoms with Crippen molar-refractivity contribution >= 4 is 17.9 Å². The van der Waals surface area contributed by atoms with Gasteiger partial charge in [-0.25, -0.2) is 18.8 Å². The summed E-state index contributed by atoms with van der Waals surface area (Å²) in [5.74, 6) is -0.112. The lowest BCUT2D eigenvalue weighted by atomic mass is 10.1. The van der Waals surface area contributed by atoms with Gasteiger partial charge in [-0.3, -0.25) is 0 Å². The Bertz CT molecular complexity index is 1180. The maximum absolute atomic E-state index is 13.0. The first-order valence-electron chi connectivity index (χ1n) is 10.1. The standard InChI is InChI=1S/C22H21FN4O6/c23-16-3-7-18(8-4-16)32-22(31)26-11-9-25(10-12-26)17-5-1-15(2-6-17)19-13-27(33-20(19)28)14-24-21(29)30/h1-8,13,24H,9-12,14H2,(H,29,30). The quantitative estimate of drug-likeness (QED) is 0.606. The molecule has 0 atom stereocenters. The van der Waals surface area contributed by atoms with Crippen LogP contribution in [0.25, 0.3) is 11.1 Å². The summed E-state index contributed by atoms with van der Waals surface area (Å²) < 4.78 is 24.4. The molecule has 10 nitrogen and oxygen atoms in total. The molecule has 2 aromatic carbocycles. The highest BCUT2D eigenvalue weighted by molar-refractivity contribution is 5.71. The number of amides is 2. The Balaban J connectivity index is 1.34. The first-order valence-corrected chi connectivity index (χ1v) is 10.1. The zero-order valence-electron chi connectivity index (χ0n) is 17.4. The molecule has 11 heteroatoms. The second-order valence-corrected chi connectivity index (χ2v) is 7.32. The normalized spacial score (nSPS) is 13.6. The number of nitrogens with one attached hydrogen (secondary N) is 1. The molecule has 0 aliphatic carbocycles. The summed E-state index contributed by atoms with van der Waals surface area (Å²) in [4.78, 5) is 38.7. The van der Waals surface area contributed by atoms with E-state index in [0.29, 0.717) is 37.3 Å². The van der Waals surface area contributed by atoms with Gasteiger partial charge in [-0.05, 0) is 42.0 Å². The number of nitrogens with zero attached hydrogens (tertiary/aromatic N) is 3. The molecule has 1 aromatic heterocycles. The fourth-order valence-corrected chi connectivity index (χ4v) is 3.46. The minimum absolute atomic E-state index is 0.170. The van der Waals surface area contributed by atoms with Crippen molar-refractivity contribution in [2.45, 2.75) is 6.67 Å². The number of benzene rings is 2. The molecular formula is C22H21FN4O6. The van der Waals surface area contributed by atoms with E-state index in [-0.39, 0.29) is 12.4 Å². The summed E-state index contributed by atoms with van der Waals surface area (Å²) in [6.07, 6.45) is -0.259. The largest absolute Gasteiger partial charge is 0.465 e. The van der Waals surface area contributed by atoms with Gasteiger partial charge in [0.1, 0.15) is 18.2 Å². The predicted molar refractivity (Wildman–Crippen MR) is 116 cm³/mol. The van der Waals surface area contributed by atoms with Crippen LogP contribution in [-0.4, -0.2) is 53.1 Å². The average Bonchev–Trinajstić information content (AvgIpc) is 3.20. The second-order valence-electron chi connectivity index (χ2n) is 7.32. The Morgan fingerprint density at radius 2 is 1.70 bits per heavy atom. The molecule has 4 rings (SSSR count). The number of hydrogen-bond donors (Lipinski definition) is 2. The van der Waals surface area contributed by atoms with Gasteiger partial charge >= 0.3 is 17.8 Å². The van der Waals surface area contributed by atoms with E-state index < -0.39 is 23.6 Å². The van der Waals surface area contributed by atoms with Gasteiger partial charge in [-0.1, -0.05) is 12.1 Å². The predicted octanol–water partition coefficient (Wildman–Crippen LogP) is 2.79. The van der Waals surface area contributed by atoms with Crippen molar-refractivity contribution < 1.29 is 28.3 Å². The summed E-state index contributed by atoms with van der Waals surface area (Å²) in [7, 11) is 0. The third-order valence-corrected chi connectivity index (χ3v) is 5.18. The number of ether oxygens (including phenoxy) is 1. The van der Waals surface area contributed by atoms with Crippen molar-refractivity contribution in [2.24, 2.45) is 0 Å². The third-order valence-electron chi connectivity index (χ3n) is 5.18. The monoisotopic (exact) mass is 456 g/mol. The zero-order valence-corrected chi connectivity index (χ0v) is 17.4. The summed E-state index contributed by atoms with van der Waals surface area (Å²) in [6, 6.07) is 12.6. The van der Waals surface area contributed by atoms with Crippen LogP contribution in [0.3, 0.4) is 0 Å². The molecule has 0 bridgehead atoms. The van der Waals surface area contributed by atoms with Crippen LogP contribution in [0, 0.1) is 5.82 Å². The molecule has 3 aromatic rings. The number of rotatable bonds is 5. The van der Waals surface area contributed by atoms with Crippen molar-refractivity contribution in [1.82, 2.24) is 15.0 Å². The SMILES string of the molecule is O=C(O)NCn1cc(-c2ccc(N3CCN(C(=O)Oc4ccc(F)cc4)CC3)cc2)c(=O)o1. The molecule has 1 aliphatic rings. The van der Waals surface area contributed by atoms with Crippen molar-refractivity contribution in [1.29, 1.82) is 0 Å². The number of carbonyl (C=O) groups is 2. The van der Waals surface area contributed by atoms with E-state index in [0.717, 1.165) is 10.4 Å². The molecule has 2 amide bonds. The van der Waals surface area contributed by atoms with Crippen LogP contribution in [0.1, 0.15) is 0 Å². The van der Waals surface area contributed by atoms with Crippen molar-refractivity contribution in [3.63, 3.8) is 0 Å². The minimum Gasteiger partial charge on any atom is -0.465 e. The summed E-state index contributed by atoms with van der Waals surface area (Å²) in [6.45, 7) is 1.95. The Kier molecular flexibility index (Phi) is 6.29. The van der Waals surface area contributed by atoms with E-state index in [9.17, 15) is 18.8 Å². The third kappa shape index (κ3) is 5.32. The van der Waals surface area contributed by atoms with Crippen LogP contribution in [0.15, 0.2) is 64.0 Å². The average molecular weight is 456 g/mol. The summed E-state index contributed by atoms with van der Waals surface area (Å²) in [5, 5.41) is 10.8. The fraction of sp³-hybridized carbons (Fsp3) is 0.227. The molecule has 172 valence electrons. The number of halogens is 1. The van der Waals surface area contributed by atoms with Crippen LogP contribution < -0.4 is 20.6 Å². The molecule has 0 radical (unpaired) electrons. The Morgan fingerprint density at radius 3 is 2.33 bits per heavy atom. The molecule has 1 fully saturated rings. The van der Waals surface area contributed by atoms with Gasteiger partial charge in [0, 0.05) is 31.9 Å². The van der Waals surface area contributed by atoms with Crippen LogP contribution in [-0.2, 0) is 6.67 Å². The molecule has 0 spiro atoms. The number of aromatic nitrogens is 1. The molecule has 1 saturated heterocycles. The van der Waals surface area contributed by atoms with E-state index in [1.54, 1.807) is 17.0 Å². The van der Waals surface area contributed by atoms with Gasteiger partial charge in [0.2, 0.25) is 0 Å². The Morgan fingerprint density at radius 1 is 1.03 bits per heavy atom. The highest BCUT2D eigenvalue weighted by Crippen LogP contribution is 2.23. The molecule has 0 unspecified atom stereocenters. The lowest BCUT2D eigenvalue weighted by Gasteiger charge is -2.35. The number of anilines is 1. The molecule has 2 N–H and O–H groups in total. The molecule has 33 heavy (non-hydrogen) atoms. The van der Waals surface area contributed by atoms with Crippen LogP contribution in [0.5, 0.6) is 5.75 Å². The lowest BCUT2D eigenvalue weighted by molar-refractivity contribution is 0.149. The number of hydrogen-bond acceptors (Lipinski definition) is 6. The van der Waals surface area contributed by atoms with Gasteiger partial charge in [-0.2, -0.15) is 4.74 Å². The van der Waals surface area contributed by atoms with E-state index >= 15 is 0 Å². The Hall–Kier alpha value is -4.28. The van der Waals surface area contributed by atoms with Gasteiger partial charge in [0.25, 0.3) is 0 Å². The van der Waals surface area contributed by atoms with E-state index in [4.69, 9.17) is 14.4 Å². The van der Waals surface area contributed by atoms with E-state index in [2.05, 4.69) is 10.2 Å². The lowest BCUT2D eigenvalue weighted by Crippen LogP contribution is -2.49. The van der Waals surface area contributed by atoms with Gasteiger partial charge in [0.05, 0.1) is 11.8 Å². The van der Waals surface area contributed by atoms with E-state index in [1.165, 1.54) is 30.5 Å². The van der Waals surface area contributed by atoms with Gasteiger partial charge in [-0.15, -0.1) is 0 Å². The maximum Gasteiger partial charge on any atom is 0.415 e. The van der Waals surface area contributed by atoms with E-state index in [1.807, 2.05) is 12.1 Å². The minimum atomic E-state index is -1.22. The van der Waals surface area contributed by atoms with Crippen molar-refractivity contribution in [2.75, 3.05) is 31.1 Å². The number of carbonyl (C=O) groups excluding carboxylic acids is 1. The maximum atomic E-state index is 13.0. The van der Waals surface area contributed by atoms with Crippen molar-refractivity contribution in [3.05, 3.63) is 71.0 Å². The molecule has 0 saturated carbocycles. The highest BCUT2D eigenvalue weighted by atomic mass is 19.1. The topological polar surface area (TPSA) is 117 Å². The first-order chi connectivity index (χ1) is 15.9. The van der Waals surface area contributed by atoms with Crippen LogP contribution >= 0.6 is 0 Å². The molecular weight excluding hydrogens is 435 g/mol. The molecule has 1 aliphatic heterocycles. The number of piperazine rings is 1. The first kappa shape index (κ1) is 21.9.